The van der Waals surface area contributed by atoms with Crippen LogP contribution < -0.4 is 15.0 Å². The van der Waals surface area contributed by atoms with Crippen molar-refractivity contribution in [2.24, 2.45) is 10.9 Å². The number of thioether (sulfide) groups is 1. The molecule has 242 valence electrons. The molecule has 5 rings (SSSR count). The van der Waals surface area contributed by atoms with E-state index >= 15 is 0 Å². The molecule has 1 aliphatic rings. The lowest BCUT2D eigenvalue weighted by atomic mass is 10.00. The Morgan fingerprint density at radius 2 is 1.87 bits per heavy atom. The Morgan fingerprint density at radius 1 is 1.11 bits per heavy atom. The molecule has 1 aliphatic heterocycles. The molecule has 8 nitrogen and oxygen atoms in total. The van der Waals surface area contributed by atoms with Gasteiger partial charge in [-0.15, -0.1) is 18.3 Å². The second-order valence-electron chi connectivity index (χ2n) is 11.4. The van der Waals surface area contributed by atoms with Crippen molar-refractivity contribution in [2.45, 2.75) is 52.8 Å². The van der Waals surface area contributed by atoms with E-state index in [0.29, 0.717) is 18.1 Å². The zero-order valence-corrected chi connectivity index (χ0v) is 26.9. The Morgan fingerprint density at radius 3 is 2.59 bits per heavy atom. The molecule has 1 atom stereocenters. The standard InChI is InChI=1S/C34H37F3N6O2S/c1-4-6-26-10-7-23(2)20-30(26)42-17-5-18-46-33(42)40-32(44)38-21-24(3)19-25-8-11-27(12-9-25)31-39-22-43(41-31)28-13-15-29(16-14-28)45-34(35,36)37/h7-16,20,22,24H,4-6,17-19,21H2,1-3H3,(H,38,44). The Kier molecular flexibility index (Phi) is 10.7. The molecule has 0 bridgehead atoms. The van der Waals surface area contributed by atoms with Crippen molar-refractivity contribution >= 4 is 28.6 Å². The number of benzene rings is 3. The van der Waals surface area contributed by atoms with Crippen molar-refractivity contribution in [1.82, 2.24) is 20.1 Å². The summed E-state index contributed by atoms with van der Waals surface area (Å²) in [5, 5.41) is 8.20. The van der Waals surface area contributed by atoms with E-state index in [1.54, 1.807) is 11.8 Å². The number of amides is 2. The van der Waals surface area contributed by atoms with E-state index in [9.17, 15) is 18.0 Å². The molecule has 3 aromatic carbocycles. The molecule has 1 saturated heterocycles. The summed E-state index contributed by atoms with van der Waals surface area (Å²) in [5.41, 5.74) is 6.08. The summed E-state index contributed by atoms with van der Waals surface area (Å²) >= 11 is 1.63. The van der Waals surface area contributed by atoms with E-state index < -0.39 is 6.36 Å². The van der Waals surface area contributed by atoms with Gasteiger partial charge in [0, 0.05) is 30.1 Å². The van der Waals surface area contributed by atoms with E-state index in [0.717, 1.165) is 60.0 Å². The number of aryl methyl sites for hydroxylation is 2. The predicted octanol–water partition coefficient (Wildman–Crippen LogP) is 7.98. The lowest BCUT2D eigenvalue weighted by molar-refractivity contribution is -0.274. The van der Waals surface area contributed by atoms with E-state index in [4.69, 9.17) is 0 Å². The molecule has 0 radical (unpaired) electrons. The van der Waals surface area contributed by atoms with Crippen LogP contribution in [0, 0.1) is 12.8 Å². The maximum Gasteiger partial charge on any atom is 0.573 e. The average Bonchev–Trinajstić information content (AvgIpc) is 3.52. The van der Waals surface area contributed by atoms with Crippen LogP contribution in [0.3, 0.4) is 0 Å². The molecule has 1 N–H and O–H groups in total. The number of aliphatic imine (C=N–C) groups is 1. The van der Waals surface area contributed by atoms with Gasteiger partial charge in [0.25, 0.3) is 0 Å². The zero-order valence-electron chi connectivity index (χ0n) is 26.1. The lowest BCUT2D eigenvalue weighted by Gasteiger charge is -2.31. The summed E-state index contributed by atoms with van der Waals surface area (Å²) in [7, 11) is 0. The summed E-state index contributed by atoms with van der Waals surface area (Å²) in [6, 6.07) is 19.5. The van der Waals surface area contributed by atoms with Crippen molar-refractivity contribution < 1.29 is 22.7 Å². The molecule has 2 amide bonds. The van der Waals surface area contributed by atoms with Gasteiger partial charge in [0.1, 0.15) is 12.1 Å². The lowest BCUT2D eigenvalue weighted by Crippen LogP contribution is -2.37. The highest BCUT2D eigenvalue weighted by Crippen LogP contribution is 2.30. The van der Waals surface area contributed by atoms with Crippen LogP contribution >= 0.6 is 11.8 Å². The molecule has 0 saturated carbocycles. The van der Waals surface area contributed by atoms with Crippen LogP contribution in [0.4, 0.5) is 23.7 Å². The van der Waals surface area contributed by atoms with Gasteiger partial charge in [0.15, 0.2) is 11.0 Å². The number of alkyl halides is 3. The first-order chi connectivity index (χ1) is 22.1. The van der Waals surface area contributed by atoms with Crippen LogP contribution in [0.2, 0.25) is 0 Å². The predicted molar refractivity (Wildman–Crippen MR) is 177 cm³/mol. The van der Waals surface area contributed by atoms with Gasteiger partial charge in [-0.2, -0.15) is 4.99 Å². The molecule has 2 heterocycles. The number of nitrogens with one attached hydrogen (secondary N) is 1. The van der Waals surface area contributed by atoms with Crippen LogP contribution in [0.25, 0.3) is 17.1 Å². The fourth-order valence-electron chi connectivity index (χ4n) is 5.25. The summed E-state index contributed by atoms with van der Waals surface area (Å²) in [6.45, 7) is 7.68. The van der Waals surface area contributed by atoms with Gasteiger partial charge >= 0.3 is 12.4 Å². The smallest absolute Gasteiger partial charge is 0.406 e. The molecular weight excluding hydrogens is 613 g/mol. The quantitative estimate of drug-likeness (QED) is 0.187. The molecule has 0 spiro atoms. The number of hydrogen-bond donors (Lipinski definition) is 1. The summed E-state index contributed by atoms with van der Waals surface area (Å²) in [4.78, 5) is 23.9. The van der Waals surface area contributed by atoms with Gasteiger partial charge in [-0.05, 0) is 79.1 Å². The highest BCUT2D eigenvalue weighted by molar-refractivity contribution is 8.14. The molecule has 4 aromatic rings. The van der Waals surface area contributed by atoms with Crippen LogP contribution in [-0.4, -0.2) is 51.2 Å². The van der Waals surface area contributed by atoms with E-state index in [-0.39, 0.29) is 17.7 Å². The highest BCUT2D eigenvalue weighted by atomic mass is 32.2. The van der Waals surface area contributed by atoms with Crippen molar-refractivity contribution in [2.75, 3.05) is 23.7 Å². The van der Waals surface area contributed by atoms with E-state index in [2.05, 4.69) is 69.0 Å². The van der Waals surface area contributed by atoms with Crippen LogP contribution in [0.1, 0.15) is 43.4 Å². The normalized spacial score (nSPS) is 15.2. The monoisotopic (exact) mass is 650 g/mol. The number of anilines is 1. The van der Waals surface area contributed by atoms with Crippen molar-refractivity contribution in [3.63, 3.8) is 0 Å². The Balaban J connectivity index is 1.15. The fourth-order valence-corrected chi connectivity index (χ4v) is 6.20. The Hall–Kier alpha value is -4.32. The molecule has 1 aromatic heterocycles. The maximum atomic E-state index is 12.9. The topological polar surface area (TPSA) is 84.6 Å². The van der Waals surface area contributed by atoms with Gasteiger partial charge in [0.2, 0.25) is 0 Å². The van der Waals surface area contributed by atoms with E-state index in [1.165, 1.54) is 46.4 Å². The van der Waals surface area contributed by atoms with Crippen LogP contribution in [0.15, 0.2) is 78.0 Å². The molecule has 0 aliphatic carbocycles. The van der Waals surface area contributed by atoms with Crippen molar-refractivity contribution in [1.29, 1.82) is 0 Å². The molecule has 12 heteroatoms. The van der Waals surface area contributed by atoms with Crippen LogP contribution in [0.5, 0.6) is 5.75 Å². The minimum atomic E-state index is -4.74. The molecule has 1 unspecified atom stereocenters. The number of urea groups is 1. The summed E-state index contributed by atoms with van der Waals surface area (Å²) < 4.78 is 42.7. The minimum absolute atomic E-state index is 0.180. The van der Waals surface area contributed by atoms with Crippen LogP contribution in [-0.2, 0) is 12.8 Å². The van der Waals surface area contributed by atoms with Gasteiger partial charge in [-0.3, -0.25) is 0 Å². The number of carbonyl (C=O) groups is 1. The third-order valence-electron chi connectivity index (χ3n) is 7.46. The SMILES string of the molecule is CCCc1ccc(C)cc1N1CCCSC1=NC(=O)NCC(C)Cc1ccc(-c2ncn(-c3ccc(OC(F)(F)F)cc3)n2)cc1. The Labute approximate surface area is 271 Å². The fraction of sp³-hybridized carbons (Fsp3) is 0.353. The second kappa shape index (κ2) is 14.8. The first-order valence-corrected chi connectivity index (χ1v) is 16.3. The van der Waals surface area contributed by atoms with Gasteiger partial charge in [-0.1, -0.05) is 68.4 Å². The van der Waals surface area contributed by atoms with E-state index in [1.807, 2.05) is 24.3 Å². The van der Waals surface area contributed by atoms with Crippen molar-refractivity contribution in [3.05, 3.63) is 89.7 Å². The number of carbonyl (C=O) groups excluding carboxylic acids is 1. The number of aromatic nitrogens is 3. The summed E-state index contributed by atoms with van der Waals surface area (Å²) in [6.07, 6.45) is 0.595. The number of nitrogens with zero attached hydrogens (tertiary/aromatic N) is 5. The number of amidine groups is 1. The number of halogens is 3. The number of ether oxygens (including phenoxy) is 1. The zero-order chi connectivity index (χ0) is 32.7. The minimum Gasteiger partial charge on any atom is -0.406 e. The average molecular weight is 651 g/mol. The third-order valence-corrected chi connectivity index (χ3v) is 8.52. The number of hydrogen-bond acceptors (Lipinski definition) is 5. The molecule has 46 heavy (non-hydrogen) atoms. The summed E-state index contributed by atoms with van der Waals surface area (Å²) in [5.74, 6) is 1.31. The first kappa shape index (κ1) is 33.1. The highest BCUT2D eigenvalue weighted by Gasteiger charge is 2.31. The second-order valence-corrected chi connectivity index (χ2v) is 12.4. The van der Waals surface area contributed by atoms with Crippen molar-refractivity contribution in [3.8, 4) is 22.8 Å². The maximum absolute atomic E-state index is 12.9. The van der Waals surface area contributed by atoms with Gasteiger partial charge in [0.05, 0.1) is 5.69 Å². The Bertz CT molecular complexity index is 1650. The molecular formula is C34H37F3N6O2S. The molecule has 1 fully saturated rings. The van der Waals surface area contributed by atoms with Gasteiger partial charge < -0.3 is 15.0 Å². The third kappa shape index (κ3) is 8.90. The van der Waals surface area contributed by atoms with Gasteiger partial charge in [-0.25, -0.2) is 14.5 Å². The largest absolute Gasteiger partial charge is 0.573 e. The number of rotatable bonds is 10. The first-order valence-electron chi connectivity index (χ1n) is 15.3.